The van der Waals surface area contributed by atoms with Gasteiger partial charge in [-0.3, -0.25) is 9.59 Å². The molecule has 2 fully saturated rings. The summed E-state index contributed by atoms with van der Waals surface area (Å²) in [6.07, 6.45) is 4.37. The van der Waals surface area contributed by atoms with Gasteiger partial charge in [0, 0.05) is 38.0 Å². The van der Waals surface area contributed by atoms with E-state index in [4.69, 9.17) is 4.74 Å². The maximum atomic E-state index is 12.5. The number of hydrogen-bond acceptors (Lipinski definition) is 4. The third-order valence-corrected chi connectivity index (χ3v) is 5.21. The number of likely N-dealkylation sites (tertiary alicyclic amines) is 1. The highest BCUT2D eigenvalue weighted by Gasteiger charge is 2.32. The minimum atomic E-state index is -0.501. The fourth-order valence-corrected chi connectivity index (χ4v) is 3.67. The minimum absolute atomic E-state index is 0.0506. The van der Waals surface area contributed by atoms with Crippen LogP contribution >= 0.6 is 0 Å². The molecule has 0 radical (unpaired) electrons. The average Bonchev–Trinajstić information content (AvgIpc) is 2.60. The van der Waals surface area contributed by atoms with Gasteiger partial charge in [-0.05, 0) is 59.3 Å². The van der Waals surface area contributed by atoms with Crippen LogP contribution in [0.2, 0.25) is 0 Å². The predicted molar refractivity (Wildman–Crippen MR) is 98.5 cm³/mol. The molecule has 1 aliphatic carbocycles. The van der Waals surface area contributed by atoms with E-state index in [9.17, 15) is 14.4 Å². The van der Waals surface area contributed by atoms with Gasteiger partial charge < -0.3 is 20.3 Å². The monoisotopic (exact) mass is 367 g/mol. The Balaban J connectivity index is 1.72. The van der Waals surface area contributed by atoms with Crippen molar-refractivity contribution in [3.05, 3.63) is 0 Å². The molecule has 0 unspecified atom stereocenters. The second-order valence-electron chi connectivity index (χ2n) is 8.41. The van der Waals surface area contributed by atoms with Crippen molar-refractivity contribution < 1.29 is 19.1 Å². The summed E-state index contributed by atoms with van der Waals surface area (Å²) in [5, 5.41) is 5.84. The summed E-state index contributed by atoms with van der Waals surface area (Å²) in [6.45, 7) is 6.66. The number of ether oxygens (including phenoxy) is 1. The minimum Gasteiger partial charge on any atom is -0.444 e. The van der Waals surface area contributed by atoms with Crippen LogP contribution in [0.4, 0.5) is 4.79 Å². The molecule has 26 heavy (non-hydrogen) atoms. The van der Waals surface area contributed by atoms with Gasteiger partial charge in [0.1, 0.15) is 5.60 Å². The van der Waals surface area contributed by atoms with Crippen molar-refractivity contribution in [3.8, 4) is 0 Å². The van der Waals surface area contributed by atoms with E-state index >= 15 is 0 Å². The molecule has 0 spiro atoms. The van der Waals surface area contributed by atoms with Gasteiger partial charge in [-0.15, -0.1) is 0 Å². The molecule has 3 amide bonds. The van der Waals surface area contributed by atoms with Gasteiger partial charge in [-0.25, -0.2) is 4.79 Å². The van der Waals surface area contributed by atoms with Crippen LogP contribution in [0.1, 0.15) is 59.3 Å². The van der Waals surface area contributed by atoms with Crippen molar-refractivity contribution in [2.24, 2.45) is 11.8 Å². The molecule has 0 aromatic rings. The standard InChI is InChI=1S/C19H33N3O4/c1-19(2,3)26-18(25)22-11-9-14(10-12-22)17(24)21-15-7-5-13(6-8-15)16(23)20-4/h13-15H,5-12H2,1-4H3,(H,20,23)(H,21,24). The largest absolute Gasteiger partial charge is 0.444 e. The molecule has 1 heterocycles. The third kappa shape index (κ3) is 5.88. The zero-order valence-corrected chi connectivity index (χ0v) is 16.5. The van der Waals surface area contributed by atoms with Gasteiger partial charge in [-0.1, -0.05) is 0 Å². The van der Waals surface area contributed by atoms with E-state index in [0.29, 0.717) is 25.9 Å². The van der Waals surface area contributed by atoms with Crippen molar-refractivity contribution in [3.63, 3.8) is 0 Å². The highest BCUT2D eigenvalue weighted by Crippen LogP contribution is 2.26. The number of amides is 3. The van der Waals surface area contributed by atoms with Crippen LogP contribution in [0.25, 0.3) is 0 Å². The van der Waals surface area contributed by atoms with Gasteiger partial charge in [0.05, 0.1) is 0 Å². The van der Waals surface area contributed by atoms with Crippen LogP contribution < -0.4 is 10.6 Å². The van der Waals surface area contributed by atoms with Gasteiger partial charge in [0.25, 0.3) is 0 Å². The molecule has 2 N–H and O–H groups in total. The summed E-state index contributed by atoms with van der Waals surface area (Å²) in [4.78, 5) is 38.0. The number of hydrogen-bond donors (Lipinski definition) is 2. The van der Waals surface area contributed by atoms with Crippen LogP contribution in [-0.2, 0) is 14.3 Å². The summed E-state index contributed by atoms with van der Waals surface area (Å²) in [5.74, 6) is 0.206. The number of nitrogens with zero attached hydrogens (tertiary/aromatic N) is 1. The van der Waals surface area contributed by atoms with Crippen LogP contribution in [-0.4, -0.2) is 54.6 Å². The van der Waals surface area contributed by atoms with Crippen molar-refractivity contribution in [2.45, 2.75) is 70.9 Å². The topological polar surface area (TPSA) is 87.7 Å². The van der Waals surface area contributed by atoms with Crippen LogP contribution in [0, 0.1) is 11.8 Å². The Morgan fingerprint density at radius 3 is 1.92 bits per heavy atom. The van der Waals surface area contributed by atoms with Gasteiger partial charge in [0.2, 0.25) is 11.8 Å². The molecule has 1 saturated heterocycles. The molecule has 0 aromatic heterocycles. The van der Waals surface area contributed by atoms with Crippen molar-refractivity contribution >= 4 is 17.9 Å². The zero-order valence-electron chi connectivity index (χ0n) is 16.5. The maximum Gasteiger partial charge on any atom is 0.410 e. The summed E-state index contributed by atoms with van der Waals surface area (Å²) < 4.78 is 5.39. The molecule has 2 aliphatic rings. The molecule has 0 atom stereocenters. The molecule has 7 heteroatoms. The number of rotatable bonds is 3. The predicted octanol–water partition coefficient (Wildman–Crippen LogP) is 2.05. The highest BCUT2D eigenvalue weighted by molar-refractivity contribution is 5.80. The molecule has 1 saturated carbocycles. The van der Waals surface area contributed by atoms with Gasteiger partial charge >= 0.3 is 6.09 Å². The molecule has 0 bridgehead atoms. The number of carbonyl (C=O) groups is 3. The summed E-state index contributed by atoms with van der Waals surface area (Å²) >= 11 is 0. The summed E-state index contributed by atoms with van der Waals surface area (Å²) in [6, 6.07) is 0.160. The zero-order chi connectivity index (χ0) is 19.3. The normalized spacial score (nSPS) is 24.7. The Hall–Kier alpha value is -1.79. The Labute approximate surface area is 156 Å². The molecular formula is C19H33N3O4. The smallest absolute Gasteiger partial charge is 0.410 e. The first-order valence-electron chi connectivity index (χ1n) is 9.69. The third-order valence-electron chi connectivity index (χ3n) is 5.21. The van der Waals surface area contributed by atoms with Crippen LogP contribution in [0.15, 0.2) is 0 Å². The van der Waals surface area contributed by atoms with Crippen molar-refractivity contribution in [1.82, 2.24) is 15.5 Å². The lowest BCUT2D eigenvalue weighted by Gasteiger charge is -2.34. The Bertz CT molecular complexity index is 513. The highest BCUT2D eigenvalue weighted by atomic mass is 16.6. The lowest BCUT2D eigenvalue weighted by atomic mass is 9.85. The molecule has 0 aromatic carbocycles. The Morgan fingerprint density at radius 2 is 1.42 bits per heavy atom. The second-order valence-corrected chi connectivity index (χ2v) is 8.41. The first-order valence-corrected chi connectivity index (χ1v) is 9.69. The van der Waals surface area contributed by atoms with Crippen molar-refractivity contribution in [2.75, 3.05) is 20.1 Å². The van der Waals surface area contributed by atoms with Gasteiger partial charge in [0.15, 0.2) is 0 Å². The van der Waals surface area contributed by atoms with Crippen LogP contribution in [0.5, 0.6) is 0 Å². The average molecular weight is 367 g/mol. The summed E-state index contributed by atoms with van der Waals surface area (Å²) in [5.41, 5.74) is -0.501. The van der Waals surface area contributed by atoms with E-state index in [1.54, 1.807) is 11.9 Å². The molecule has 1 aliphatic heterocycles. The first kappa shape index (κ1) is 20.5. The van der Waals surface area contributed by atoms with E-state index in [-0.39, 0.29) is 35.8 Å². The van der Waals surface area contributed by atoms with Gasteiger partial charge in [-0.2, -0.15) is 0 Å². The van der Waals surface area contributed by atoms with Crippen LogP contribution in [0.3, 0.4) is 0 Å². The molecule has 148 valence electrons. The second kappa shape index (κ2) is 8.73. The Kier molecular flexibility index (Phi) is 6.89. The van der Waals surface area contributed by atoms with E-state index in [1.165, 1.54) is 0 Å². The SMILES string of the molecule is CNC(=O)C1CCC(NC(=O)C2CCN(C(=O)OC(C)(C)C)CC2)CC1. The summed E-state index contributed by atoms with van der Waals surface area (Å²) in [7, 11) is 1.67. The van der Waals surface area contributed by atoms with E-state index in [2.05, 4.69) is 10.6 Å². The lowest BCUT2D eigenvalue weighted by molar-refractivity contribution is -0.127. The van der Waals surface area contributed by atoms with E-state index < -0.39 is 5.60 Å². The molecule has 2 rings (SSSR count). The van der Waals surface area contributed by atoms with Crippen molar-refractivity contribution in [1.29, 1.82) is 0 Å². The first-order chi connectivity index (χ1) is 12.2. The number of carbonyl (C=O) groups excluding carboxylic acids is 3. The number of piperidine rings is 1. The molecular weight excluding hydrogens is 334 g/mol. The maximum absolute atomic E-state index is 12.5. The fourth-order valence-electron chi connectivity index (χ4n) is 3.67. The molecule has 7 nitrogen and oxygen atoms in total. The number of nitrogens with one attached hydrogen (secondary N) is 2. The fraction of sp³-hybridized carbons (Fsp3) is 0.842. The van der Waals surface area contributed by atoms with E-state index in [1.807, 2.05) is 20.8 Å². The quantitative estimate of drug-likeness (QED) is 0.799. The lowest BCUT2D eigenvalue weighted by Crippen LogP contribution is -2.47. The van der Waals surface area contributed by atoms with E-state index in [0.717, 1.165) is 25.7 Å². The Morgan fingerprint density at radius 1 is 0.885 bits per heavy atom.